The second kappa shape index (κ2) is 7.83. The van der Waals surface area contributed by atoms with Crippen molar-refractivity contribution in [3.63, 3.8) is 0 Å². The molecule has 1 aliphatic rings. The third-order valence-electron chi connectivity index (χ3n) is 3.80. The predicted octanol–water partition coefficient (Wildman–Crippen LogP) is 3.38. The third-order valence-corrected chi connectivity index (χ3v) is 6.58. The summed E-state index contributed by atoms with van der Waals surface area (Å²) in [6, 6.07) is 4.86. The lowest BCUT2D eigenvalue weighted by Gasteiger charge is -2.31. The fourth-order valence-electron chi connectivity index (χ4n) is 2.61. The SMILES string of the molecule is CCCS(=O)(=O)N1CCC[C@@H](C(=O)Nc2ccc(Cl)c(Cl)c2)C1. The van der Waals surface area contributed by atoms with Gasteiger partial charge in [-0.05, 0) is 37.5 Å². The summed E-state index contributed by atoms with van der Waals surface area (Å²) in [4.78, 5) is 12.4. The van der Waals surface area contributed by atoms with E-state index in [1.807, 2.05) is 6.92 Å². The zero-order valence-electron chi connectivity index (χ0n) is 12.9. The van der Waals surface area contributed by atoms with Gasteiger partial charge in [-0.15, -0.1) is 0 Å². The summed E-state index contributed by atoms with van der Waals surface area (Å²) >= 11 is 11.8. The first-order chi connectivity index (χ1) is 10.8. The molecule has 1 saturated heterocycles. The second-order valence-corrected chi connectivity index (χ2v) is 8.53. The molecular formula is C15H20Cl2N2O3S. The van der Waals surface area contributed by atoms with Crippen molar-refractivity contribution in [3.8, 4) is 0 Å². The van der Waals surface area contributed by atoms with Crippen LogP contribution in [0.2, 0.25) is 10.0 Å². The number of rotatable bonds is 5. The number of carbonyl (C=O) groups excluding carboxylic acids is 1. The highest BCUT2D eigenvalue weighted by molar-refractivity contribution is 7.89. The predicted molar refractivity (Wildman–Crippen MR) is 93.5 cm³/mol. The van der Waals surface area contributed by atoms with Crippen LogP contribution in [0, 0.1) is 5.92 Å². The van der Waals surface area contributed by atoms with E-state index in [1.54, 1.807) is 18.2 Å². The molecule has 1 N–H and O–H groups in total. The first-order valence-corrected chi connectivity index (χ1v) is 9.93. The maximum atomic E-state index is 12.4. The molecule has 1 amide bonds. The molecule has 0 bridgehead atoms. The Morgan fingerprint density at radius 3 is 2.74 bits per heavy atom. The maximum absolute atomic E-state index is 12.4. The third kappa shape index (κ3) is 4.83. The molecule has 1 fully saturated rings. The lowest BCUT2D eigenvalue weighted by Crippen LogP contribution is -2.44. The van der Waals surface area contributed by atoms with Gasteiger partial charge >= 0.3 is 0 Å². The first kappa shape index (κ1) is 18.5. The van der Waals surface area contributed by atoms with Gasteiger partial charge in [0.25, 0.3) is 0 Å². The Morgan fingerprint density at radius 1 is 1.35 bits per heavy atom. The molecule has 0 aliphatic carbocycles. The van der Waals surface area contributed by atoms with Crippen molar-refractivity contribution >= 4 is 44.8 Å². The van der Waals surface area contributed by atoms with Gasteiger partial charge in [0.05, 0.1) is 21.7 Å². The Hall–Kier alpha value is -0.820. The normalized spacial score (nSPS) is 19.5. The summed E-state index contributed by atoms with van der Waals surface area (Å²) in [6.45, 7) is 2.55. The summed E-state index contributed by atoms with van der Waals surface area (Å²) in [5.41, 5.74) is 0.554. The smallest absolute Gasteiger partial charge is 0.228 e. The number of hydrogen-bond donors (Lipinski definition) is 1. The average Bonchev–Trinajstić information content (AvgIpc) is 2.51. The van der Waals surface area contributed by atoms with Crippen LogP contribution in [0.1, 0.15) is 26.2 Å². The molecule has 0 spiro atoms. The van der Waals surface area contributed by atoms with Crippen molar-refractivity contribution in [2.24, 2.45) is 5.92 Å². The topological polar surface area (TPSA) is 66.5 Å². The largest absolute Gasteiger partial charge is 0.326 e. The molecule has 23 heavy (non-hydrogen) atoms. The summed E-state index contributed by atoms with van der Waals surface area (Å²) in [7, 11) is -3.27. The highest BCUT2D eigenvalue weighted by Gasteiger charge is 2.31. The minimum Gasteiger partial charge on any atom is -0.326 e. The van der Waals surface area contributed by atoms with Crippen molar-refractivity contribution in [3.05, 3.63) is 28.2 Å². The zero-order chi connectivity index (χ0) is 17.0. The van der Waals surface area contributed by atoms with Gasteiger partial charge < -0.3 is 5.32 Å². The molecule has 1 atom stereocenters. The molecule has 1 aromatic rings. The van der Waals surface area contributed by atoms with E-state index in [-0.39, 0.29) is 24.1 Å². The molecule has 0 saturated carbocycles. The van der Waals surface area contributed by atoms with Crippen LogP contribution in [0.25, 0.3) is 0 Å². The highest BCUT2D eigenvalue weighted by Crippen LogP contribution is 2.26. The fourth-order valence-corrected chi connectivity index (χ4v) is 4.50. The molecular weight excluding hydrogens is 359 g/mol. The van der Waals surface area contributed by atoms with Crippen LogP contribution in [0.15, 0.2) is 18.2 Å². The van der Waals surface area contributed by atoms with Crippen molar-refractivity contribution in [2.45, 2.75) is 26.2 Å². The van der Waals surface area contributed by atoms with Crippen LogP contribution in [0.3, 0.4) is 0 Å². The van der Waals surface area contributed by atoms with E-state index in [1.165, 1.54) is 4.31 Å². The number of hydrogen-bond acceptors (Lipinski definition) is 3. The Kier molecular flexibility index (Phi) is 6.31. The van der Waals surface area contributed by atoms with Crippen LogP contribution in [0.4, 0.5) is 5.69 Å². The lowest BCUT2D eigenvalue weighted by molar-refractivity contribution is -0.120. The fraction of sp³-hybridized carbons (Fsp3) is 0.533. The molecule has 1 aliphatic heterocycles. The van der Waals surface area contributed by atoms with Gasteiger partial charge in [-0.1, -0.05) is 30.1 Å². The second-order valence-electron chi connectivity index (χ2n) is 5.63. The van der Waals surface area contributed by atoms with E-state index < -0.39 is 10.0 Å². The van der Waals surface area contributed by atoms with Crippen molar-refractivity contribution in [1.82, 2.24) is 4.31 Å². The monoisotopic (exact) mass is 378 g/mol. The van der Waals surface area contributed by atoms with Crippen LogP contribution in [-0.2, 0) is 14.8 Å². The molecule has 8 heteroatoms. The van der Waals surface area contributed by atoms with E-state index in [4.69, 9.17) is 23.2 Å². The van der Waals surface area contributed by atoms with Gasteiger partial charge in [0, 0.05) is 18.8 Å². The van der Waals surface area contributed by atoms with Gasteiger partial charge in [-0.2, -0.15) is 0 Å². The number of amides is 1. The molecule has 0 unspecified atom stereocenters. The average molecular weight is 379 g/mol. The number of piperidine rings is 1. The van der Waals surface area contributed by atoms with Gasteiger partial charge in [0.15, 0.2) is 0 Å². The molecule has 128 valence electrons. The minimum absolute atomic E-state index is 0.119. The van der Waals surface area contributed by atoms with Gasteiger partial charge in [0.2, 0.25) is 15.9 Å². The minimum atomic E-state index is -3.27. The lowest BCUT2D eigenvalue weighted by atomic mass is 9.99. The van der Waals surface area contributed by atoms with Crippen molar-refractivity contribution < 1.29 is 13.2 Å². The summed E-state index contributed by atoms with van der Waals surface area (Å²) < 4.78 is 25.7. The number of nitrogens with zero attached hydrogens (tertiary/aromatic N) is 1. The standard InChI is InChI=1S/C15H20Cl2N2O3S/c1-2-8-23(21,22)19-7-3-4-11(10-19)15(20)18-12-5-6-13(16)14(17)9-12/h5-6,9,11H,2-4,7-8,10H2,1H3,(H,18,20)/t11-/m1/s1. The molecule has 0 aromatic heterocycles. The molecule has 5 nitrogen and oxygen atoms in total. The Morgan fingerprint density at radius 2 is 2.09 bits per heavy atom. The van der Waals surface area contributed by atoms with Crippen molar-refractivity contribution in [2.75, 3.05) is 24.2 Å². The maximum Gasteiger partial charge on any atom is 0.228 e. The molecule has 2 rings (SSSR count). The van der Waals surface area contributed by atoms with Crippen LogP contribution < -0.4 is 5.32 Å². The summed E-state index contributed by atoms with van der Waals surface area (Å²) in [5.74, 6) is -0.432. The van der Waals surface area contributed by atoms with Gasteiger partial charge in [0.1, 0.15) is 0 Å². The van der Waals surface area contributed by atoms with E-state index in [9.17, 15) is 13.2 Å². The molecule has 1 heterocycles. The number of sulfonamides is 1. The van der Waals surface area contributed by atoms with Gasteiger partial charge in [-0.25, -0.2) is 12.7 Å². The number of benzene rings is 1. The van der Waals surface area contributed by atoms with E-state index >= 15 is 0 Å². The van der Waals surface area contributed by atoms with E-state index in [0.29, 0.717) is 41.5 Å². The van der Waals surface area contributed by atoms with Gasteiger partial charge in [-0.3, -0.25) is 4.79 Å². The summed E-state index contributed by atoms with van der Waals surface area (Å²) in [5, 5.41) is 3.56. The number of carbonyl (C=O) groups is 1. The highest BCUT2D eigenvalue weighted by atomic mass is 35.5. The van der Waals surface area contributed by atoms with Crippen molar-refractivity contribution in [1.29, 1.82) is 0 Å². The van der Waals surface area contributed by atoms with Crippen LogP contribution in [-0.4, -0.2) is 37.5 Å². The van der Waals surface area contributed by atoms with E-state index in [2.05, 4.69) is 5.32 Å². The zero-order valence-corrected chi connectivity index (χ0v) is 15.2. The quantitative estimate of drug-likeness (QED) is 0.853. The Labute approximate surface area is 147 Å². The molecule has 0 radical (unpaired) electrons. The number of nitrogens with one attached hydrogen (secondary N) is 1. The number of halogens is 2. The Bertz CT molecular complexity index is 679. The number of anilines is 1. The van der Waals surface area contributed by atoms with E-state index in [0.717, 1.165) is 0 Å². The summed E-state index contributed by atoms with van der Waals surface area (Å²) in [6.07, 6.45) is 1.92. The molecule has 1 aromatic carbocycles. The Balaban J connectivity index is 2.03. The van der Waals surface area contributed by atoms with Crippen LogP contribution in [0.5, 0.6) is 0 Å². The van der Waals surface area contributed by atoms with Crippen LogP contribution >= 0.6 is 23.2 Å². The first-order valence-electron chi connectivity index (χ1n) is 7.57.